The van der Waals surface area contributed by atoms with Gasteiger partial charge in [-0.15, -0.1) is 0 Å². The van der Waals surface area contributed by atoms with E-state index in [1.807, 2.05) is 30.3 Å². The third-order valence-corrected chi connectivity index (χ3v) is 4.67. The van der Waals surface area contributed by atoms with Crippen molar-refractivity contribution in [2.45, 2.75) is 18.9 Å². The molecule has 5 nitrogen and oxygen atoms in total. The minimum atomic E-state index is -0.318. The van der Waals surface area contributed by atoms with E-state index in [0.717, 1.165) is 30.7 Å². The second-order valence-corrected chi connectivity index (χ2v) is 6.43. The molecule has 1 aliphatic rings. The molecule has 0 amide bonds. The van der Waals surface area contributed by atoms with E-state index in [1.165, 1.54) is 0 Å². The third-order valence-electron chi connectivity index (χ3n) is 4.17. The van der Waals surface area contributed by atoms with Gasteiger partial charge in [-0.1, -0.05) is 28.1 Å². The number of nitro benzene ring substituents is 1. The number of anilines is 1. The Labute approximate surface area is 143 Å². The van der Waals surface area contributed by atoms with E-state index in [0.29, 0.717) is 10.2 Å². The van der Waals surface area contributed by atoms with Gasteiger partial charge in [0.2, 0.25) is 0 Å². The fourth-order valence-electron chi connectivity index (χ4n) is 3.14. The van der Waals surface area contributed by atoms with Gasteiger partial charge in [-0.2, -0.15) is 0 Å². The first-order valence-electron chi connectivity index (χ1n) is 7.44. The van der Waals surface area contributed by atoms with Gasteiger partial charge in [-0.3, -0.25) is 10.1 Å². The zero-order chi connectivity index (χ0) is 16.4. The Balaban J connectivity index is 2.00. The van der Waals surface area contributed by atoms with Crippen LogP contribution < -0.4 is 9.64 Å². The summed E-state index contributed by atoms with van der Waals surface area (Å²) in [5, 5.41) is 11.4. The molecule has 1 atom stereocenters. The van der Waals surface area contributed by atoms with Gasteiger partial charge in [0.1, 0.15) is 11.4 Å². The molecule has 2 aromatic carbocycles. The highest BCUT2D eigenvalue weighted by molar-refractivity contribution is 9.10. The minimum Gasteiger partial charge on any atom is -0.497 e. The van der Waals surface area contributed by atoms with Crippen LogP contribution in [-0.2, 0) is 0 Å². The van der Waals surface area contributed by atoms with Crippen LogP contribution in [0.3, 0.4) is 0 Å². The molecule has 1 saturated heterocycles. The van der Waals surface area contributed by atoms with Crippen LogP contribution in [0.25, 0.3) is 0 Å². The Kier molecular flexibility index (Phi) is 4.52. The summed E-state index contributed by atoms with van der Waals surface area (Å²) in [6.07, 6.45) is 1.98. The van der Waals surface area contributed by atoms with Gasteiger partial charge in [0.25, 0.3) is 5.69 Å². The number of nitrogens with zero attached hydrogens (tertiary/aromatic N) is 2. The van der Waals surface area contributed by atoms with Gasteiger partial charge in [0.15, 0.2) is 0 Å². The maximum atomic E-state index is 11.4. The molecule has 1 fully saturated rings. The molecule has 0 aromatic heterocycles. The molecule has 0 saturated carbocycles. The molecule has 0 N–H and O–H groups in total. The zero-order valence-corrected chi connectivity index (χ0v) is 14.3. The van der Waals surface area contributed by atoms with Gasteiger partial charge in [0, 0.05) is 17.1 Å². The fraction of sp³-hybridized carbons (Fsp3) is 0.294. The third kappa shape index (κ3) is 3.17. The van der Waals surface area contributed by atoms with Crippen molar-refractivity contribution in [3.05, 3.63) is 62.6 Å². The molecule has 1 aliphatic heterocycles. The van der Waals surface area contributed by atoms with Crippen LogP contribution in [0.2, 0.25) is 0 Å². The first-order chi connectivity index (χ1) is 11.1. The van der Waals surface area contributed by atoms with Crippen molar-refractivity contribution in [2.24, 2.45) is 0 Å². The molecule has 3 rings (SSSR count). The predicted molar refractivity (Wildman–Crippen MR) is 93.1 cm³/mol. The van der Waals surface area contributed by atoms with E-state index in [4.69, 9.17) is 4.74 Å². The summed E-state index contributed by atoms with van der Waals surface area (Å²) in [5.41, 5.74) is 1.93. The average molecular weight is 377 g/mol. The number of benzene rings is 2. The number of methoxy groups -OCH3 is 1. The summed E-state index contributed by atoms with van der Waals surface area (Å²) in [6.45, 7) is 0.810. The first-order valence-corrected chi connectivity index (χ1v) is 8.24. The van der Waals surface area contributed by atoms with Crippen molar-refractivity contribution in [1.82, 2.24) is 0 Å². The number of ether oxygens (including phenoxy) is 1. The van der Waals surface area contributed by atoms with Crippen molar-refractivity contribution in [3.63, 3.8) is 0 Å². The normalized spacial score (nSPS) is 17.3. The quantitative estimate of drug-likeness (QED) is 0.572. The predicted octanol–water partition coefficient (Wildman–Crippen LogP) is 4.71. The maximum absolute atomic E-state index is 11.4. The summed E-state index contributed by atoms with van der Waals surface area (Å²) in [6, 6.07) is 13.3. The van der Waals surface area contributed by atoms with Gasteiger partial charge < -0.3 is 9.64 Å². The van der Waals surface area contributed by atoms with E-state index in [-0.39, 0.29) is 16.7 Å². The lowest BCUT2D eigenvalue weighted by atomic mass is 10.0. The highest BCUT2D eigenvalue weighted by atomic mass is 79.9. The first kappa shape index (κ1) is 15.8. The van der Waals surface area contributed by atoms with Crippen molar-refractivity contribution < 1.29 is 9.66 Å². The van der Waals surface area contributed by atoms with E-state index in [2.05, 4.69) is 26.9 Å². The van der Waals surface area contributed by atoms with Crippen molar-refractivity contribution in [2.75, 3.05) is 18.6 Å². The Morgan fingerprint density at radius 2 is 2.13 bits per heavy atom. The van der Waals surface area contributed by atoms with Crippen LogP contribution in [0, 0.1) is 10.1 Å². The molecule has 0 spiro atoms. The van der Waals surface area contributed by atoms with Gasteiger partial charge >= 0.3 is 0 Å². The molecule has 1 heterocycles. The molecule has 6 heteroatoms. The molecular formula is C17H17BrN2O3. The molecule has 0 bridgehead atoms. The average Bonchev–Trinajstić information content (AvgIpc) is 3.04. The Morgan fingerprint density at radius 3 is 2.87 bits per heavy atom. The van der Waals surface area contributed by atoms with Crippen LogP contribution in [0.4, 0.5) is 11.4 Å². The molecule has 0 aliphatic carbocycles. The minimum absolute atomic E-state index is 0.130. The largest absolute Gasteiger partial charge is 0.497 e. The highest BCUT2D eigenvalue weighted by Crippen LogP contribution is 2.41. The summed E-state index contributed by atoms with van der Waals surface area (Å²) >= 11 is 3.31. The smallest absolute Gasteiger partial charge is 0.293 e. The van der Waals surface area contributed by atoms with Crippen LogP contribution in [0.15, 0.2) is 46.9 Å². The second-order valence-electron chi connectivity index (χ2n) is 5.52. The Morgan fingerprint density at radius 1 is 1.30 bits per heavy atom. The van der Waals surface area contributed by atoms with Crippen molar-refractivity contribution in [1.29, 1.82) is 0 Å². The molecule has 0 radical (unpaired) electrons. The number of hydrogen-bond donors (Lipinski definition) is 0. The Bertz CT molecular complexity index is 736. The van der Waals surface area contributed by atoms with Crippen molar-refractivity contribution >= 4 is 27.3 Å². The second kappa shape index (κ2) is 6.58. The van der Waals surface area contributed by atoms with Crippen LogP contribution >= 0.6 is 15.9 Å². The lowest BCUT2D eigenvalue weighted by Crippen LogP contribution is -2.23. The van der Waals surface area contributed by atoms with Crippen LogP contribution in [0.1, 0.15) is 24.4 Å². The summed E-state index contributed by atoms with van der Waals surface area (Å²) in [7, 11) is 1.64. The monoisotopic (exact) mass is 376 g/mol. The summed E-state index contributed by atoms with van der Waals surface area (Å²) in [5.74, 6) is 0.805. The molecule has 2 aromatic rings. The van der Waals surface area contributed by atoms with Gasteiger partial charge in [-0.25, -0.2) is 0 Å². The molecule has 23 heavy (non-hydrogen) atoms. The number of rotatable bonds is 4. The SMILES string of the molecule is COc1cccc(C2CCCN2c2ccc(Br)cc2[N+](=O)[O-])c1. The standard InChI is InChI=1S/C17H17BrN2O3/c1-23-14-5-2-4-12(10-14)15-6-3-9-19(15)16-8-7-13(18)11-17(16)20(21)22/h2,4-5,7-8,10-11,15H,3,6,9H2,1H3. The topological polar surface area (TPSA) is 55.6 Å². The highest BCUT2D eigenvalue weighted by Gasteiger charge is 2.31. The van der Waals surface area contributed by atoms with Crippen LogP contribution in [-0.4, -0.2) is 18.6 Å². The molecule has 1 unspecified atom stereocenters. The van der Waals surface area contributed by atoms with Crippen LogP contribution in [0.5, 0.6) is 5.75 Å². The fourth-order valence-corrected chi connectivity index (χ4v) is 3.49. The summed E-state index contributed by atoms with van der Waals surface area (Å²) < 4.78 is 6.01. The zero-order valence-electron chi connectivity index (χ0n) is 12.7. The van der Waals surface area contributed by atoms with E-state index in [9.17, 15) is 10.1 Å². The number of nitro groups is 1. The number of hydrogen-bond acceptors (Lipinski definition) is 4. The maximum Gasteiger partial charge on any atom is 0.293 e. The van der Waals surface area contributed by atoms with E-state index in [1.54, 1.807) is 13.2 Å². The molecule has 120 valence electrons. The summed E-state index contributed by atoms with van der Waals surface area (Å²) in [4.78, 5) is 13.2. The Hall–Kier alpha value is -2.08. The number of halogens is 1. The lowest BCUT2D eigenvalue weighted by molar-refractivity contribution is -0.384. The van der Waals surface area contributed by atoms with Gasteiger partial charge in [0.05, 0.1) is 18.1 Å². The lowest BCUT2D eigenvalue weighted by Gasteiger charge is -2.27. The van der Waals surface area contributed by atoms with E-state index >= 15 is 0 Å². The van der Waals surface area contributed by atoms with Crippen molar-refractivity contribution in [3.8, 4) is 5.75 Å². The van der Waals surface area contributed by atoms with Gasteiger partial charge in [-0.05, 0) is 42.7 Å². The molecular weight excluding hydrogens is 360 g/mol. The van der Waals surface area contributed by atoms with E-state index < -0.39 is 0 Å².